The van der Waals surface area contributed by atoms with Crippen LogP contribution in [0.25, 0.3) is 0 Å². The Hall–Kier alpha value is -2.78. The lowest BCUT2D eigenvalue weighted by atomic mass is 9.98. The van der Waals surface area contributed by atoms with E-state index in [9.17, 15) is 13.2 Å². The van der Waals surface area contributed by atoms with Gasteiger partial charge in [0.25, 0.3) is 0 Å². The molecule has 0 radical (unpaired) electrons. The van der Waals surface area contributed by atoms with Gasteiger partial charge in [-0.25, -0.2) is 8.42 Å². The van der Waals surface area contributed by atoms with Crippen LogP contribution in [0.5, 0.6) is 17.2 Å². The molecule has 31 heavy (non-hydrogen) atoms. The second-order valence-corrected chi connectivity index (χ2v) is 9.22. The molecule has 0 spiro atoms. The molecule has 0 saturated carbocycles. The summed E-state index contributed by atoms with van der Waals surface area (Å²) in [4.78, 5) is 12.9. The topological polar surface area (TPSA) is 94.2 Å². The first-order chi connectivity index (χ1) is 14.9. The van der Waals surface area contributed by atoms with Gasteiger partial charge in [0.1, 0.15) is 5.75 Å². The molecule has 9 heteroatoms. The summed E-state index contributed by atoms with van der Waals surface area (Å²) in [6, 6.07) is 11.7. The van der Waals surface area contributed by atoms with Crippen molar-refractivity contribution in [2.24, 2.45) is 5.92 Å². The summed E-state index contributed by atoms with van der Waals surface area (Å²) in [5.74, 6) is 1.23. The molecule has 2 aromatic carbocycles. The predicted octanol–water partition coefficient (Wildman–Crippen LogP) is 2.43. The van der Waals surface area contributed by atoms with Crippen LogP contribution in [-0.2, 0) is 21.4 Å². The van der Waals surface area contributed by atoms with Crippen molar-refractivity contribution in [2.45, 2.75) is 24.3 Å². The van der Waals surface area contributed by atoms with Gasteiger partial charge in [0.15, 0.2) is 11.5 Å². The maximum atomic E-state index is 13.0. The molecular weight excluding hydrogens is 420 g/mol. The van der Waals surface area contributed by atoms with E-state index in [-0.39, 0.29) is 17.3 Å². The van der Waals surface area contributed by atoms with E-state index in [1.54, 1.807) is 38.5 Å². The van der Waals surface area contributed by atoms with Crippen molar-refractivity contribution in [3.05, 3.63) is 48.0 Å². The maximum Gasteiger partial charge on any atom is 0.243 e. The van der Waals surface area contributed by atoms with E-state index in [1.165, 1.54) is 23.5 Å². The molecule has 1 fully saturated rings. The van der Waals surface area contributed by atoms with Crippen LogP contribution in [0.4, 0.5) is 0 Å². The number of carbonyl (C=O) groups excluding carboxylic acids is 1. The number of ether oxygens (including phenoxy) is 3. The zero-order chi connectivity index (χ0) is 22.4. The van der Waals surface area contributed by atoms with Crippen LogP contribution in [0.1, 0.15) is 18.4 Å². The first-order valence-corrected chi connectivity index (χ1v) is 11.5. The summed E-state index contributed by atoms with van der Waals surface area (Å²) >= 11 is 0. The SMILES string of the molecule is COc1ccc(S(=O)(=O)N2CCC[C@@H](C(=O)NCc3ccc(OC)c(OC)c3)C2)cc1. The Balaban J connectivity index is 1.63. The van der Waals surface area contributed by atoms with Crippen LogP contribution >= 0.6 is 0 Å². The molecule has 0 aromatic heterocycles. The van der Waals surface area contributed by atoms with Gasteiger partial charge >= 0.3 is 0 Å². The molecule has 0 bridgehead atoms. The van der Waals surface area contributed by atoms with Gasteiger partial charge in [0.2, 0.25) is 15.9 Å². The average Bonchev–Trinajstić information content (AvgIpc) is 2.82. The third-order valence-corrected chi connectivity index (χ3v) is 7.25. The van der Waals surface area contributed by atoms with Gasteiger partial charge in [-0.3, -0.25) is 4.79 Å². The summed E-state index contributed by atoms with van der Waals surface area (Å²) in [7, 11) is 0.976. The van der Waals surface area contributed by atoms with E-state index in [0.717, 1.165) is 5.56 Å². The van der Waals surface area contributed by atoms with Crippen molar-refractivity contribution in [2.75, 3.05) is 34.4 Å². The second kappa shape index (κ2) is 10.0. The van der Waals surface area contributed by atoms with Gasteiger partial charge in [-0.1, -0.05) is 6.07 Å². The number of hydrogen-bond acceptors (Lipinski definition) is 6. The van der Waals surface area contributed by atoms with Gasteiger partial charge < -0.3 is 19.5 Å². The average molecular weight is 449 g/mol. The molecule has 1 amide bonds. The van der Waals surface area contributed by atoms with Gasteiger partial charge in [0, 0.05) is 19.6 Å². The molecule has 1 atom stereocenters. The van der Waals surface area contributed by atoms with E-state index < -0.39 is 15.9 Å². The Morgan fingerprint density at radius 1 is 1.03 bits per heavy atom. The molecule has 1 heterocycles. The number of benzene rings is 2. The van der Waals surface area contributed by atoms with Crippen LogP contribution in [0.2, 0.25) is 0 Å². The normalized spacial score (nSPS) is 17.1. The maximum absolute atomic E-state index is 13.0. The zero-order valence-corrected chi connectivity index (χ0v) is 18.8. The molecule has 1 saturated heterocycles. The number of nitrogens with one attached hydrogen (secondary N) is 1. The van der Waals surface area contributed by atoms with Crippen LogP contribution in [0.3, 0.4) is 0 Å². The monoisotopic (exact) mass is 448 g/mol. The number of sulfonamides is 1. The number of amides is 1. The van der Waals surface area contributed by atoms with Crippen LogP contribution in [0, 0.1) is 5.92 Å². The number of carbonyl (C=O) groups is 1. The molecular formula is C22H28N2O6S. The highest BCUT2D eigenvalue weighted by Gasteiger charge is 2.33. The lowest BCUT2D eigenvalue weighted by Gasteiger charge is -2.31. The lowest BCUT2D eigenvalue weighted by molar-refractivity contribution is -0.126. The molecule has 1 N–H and O–H groups in total. The Labute approximate surface area is 183 Å². The highest BCUT2D eigenvalue weighted by atomic mass is 32.2. The van der Waals surface area contributed by atoms with Crippen molar-refractivity contribution in [3.63, 3.8) is 0 Å². The molecule has 2 aromatic rings. The highest BCUT2D eigenvalue weighted by molar-refractivity contribution is 7.89. The summed E-state index contributed by atoms with van der Waals surface area (Å²) in [6.45, 7) is 0.876. The standard InChI is InChI=1S/C22H28N2O6S/c1-28-18-7-9-19(10-8-18)31(26,27)24-12-4-5-17(15-24)22(25)23-14-16-6-11-20(29-2)21(13-16)30-3/h6-11,13,17H,4-5,12,14-15H2,1-3H3,(H,23,25)/t17-/m1/s1. The minimum atomic E-state index is -3.67. The first-order valence-electron chi connectivity index (χ1n) is 10.0. The first kappa shape index (κ1) is 22.9. The number of rotatable bonds is 8. The Kier molecular flexibility index (Phi) is 7.40. The van der Waals surface area contributed by atoms with E-state index in [1.807, 2.05) is 6.07 Å². The fraction of sp³-hybridized carbons (Fsp3) is 0.409. The molecule has 168 valence electrons. The lowest BCUT2D eigenvalue weighted by Crippen LogP contribution is -2.45. The molecule has 8 nitrogen and oxygen atoms in total. The van der Waals surface area contributed by atoms with Crippen LogP contribution < -0.4 is 19.5 Å². The Morgan fingerprint density at radius 2 is 1.74 bits per heavy atom. The van der Waals surface area contributed by atoms with Gasteiger partial charge in [-0.05, 0) is 54.8 Å². The van der Waals surface area contributed by atoms with Crippen molar-refractivity contribution in [1.82, 2.24) is 9.62 Å². The van der Waals surface area contributed by atoms with E-state index in [4.69, 9.17) is 14.2 Å². The fourth-order valence-corrected chi connectivity index (χ4v) is 5.12. The summed E-state index contributed by atoms with van der Waals surface area (Å²) in [5, 5.41) is 2.91. The number of hydrogen-bond donors (Lipinski definition) is 1. The summed E-state index contributed by atoms with van der Waals surface area (Å²) in [6.07, 6.45) is 1.27. The number of methoxy groups -OCH3 is 3. The molecule has 3 rings (SSSR count). The van der Waals surface area contributed by atoms with E-state index in [2.05, 4.69) is 5.32 Å². The number of nitrogens with zero attached hydrogens (tertiary/aromatic N) is 1. The van der Waals surface area contributed by atoms with Gasteiger partial charge in [-0.2, -0.15) is 4.31 Å². The van der Waals surface area contributed by atoms with Crippen molar-refractivity contribution >= 4 is 15.9 Å². The third-order valence-electron chi connectivity index (χ3n) is 5.37. The summed E-state index contributed by atoms with van der Waals surface area (Å²) < 4.78 is 43.0. The van der Waals surface area contributed by atoms with E-state index in [0.29, 0.717) is 43.2 Å². The van der Waals surface area contributed by atoms with Crippen molar-refractivity contribution in [3.8, 4) is 17.2 Å². The Bertz CT molecular complexity index is 1010. The third kappa shape index (κ3) is 5.29. The Morgan fingerprint density at radius 3 is 2.39 bits per heavy atom. The van der Waals surface area contributed by atoms with Gasteiger partial charge in [0.05, 0.1) is 32.1 Å². The van der Waals surface area contributed by atoms with Crippen molar-refractivity contribution < 1.29 is 27.4 Å². The van der Waals surface area contributed by atoms with Crippen LogP contribution in [0.15, 0.2) is 47.4 Å². The molecule has 0 unspecified atom stereocenters. The second-order valence-electron chi connectivity index (χ2n) is 7.28. The quantitative estimate of drug-likeness (QED) is 0.667. The minimum absolute atomic E-state index is 0.159. The van der Waals surface area contributed by atoms with Gasteiger partial charge in [-0.15, -0.1) is 0 Å². The predicted molar refractivity (Wildman–Crippen MR) is 116 cm³/mol. The minimum Gasteiger partial charge on any atom is -0.497 e. The van der Waals surface area contributed by atoms with Crippen molar-refractivity contribution in [1.29, 1.82) is 0 Å². The molecule has 1 aliphatic heterocycles. The molecule has 0 aliphatic carbocycles. The largest absolute Gasteiger partial charge is 0.497 e. The number of piperidine rings is 1. The smallest absolute Gasteiger partial charge is 0.243 e. The van der Waals surface area contributed by atoms with E-state index >= 15 is 0 Å². The summed E-state index contributed by atoms with van der Waals surface area (Å²) in [5.41, 5.74) is 0.865. The molecule has 1 aliphatic rings. The fourth-order valence-electron chi connectivity index (χ4n) is 3.60. The zero-order valence-electron chi connectivity index (χ0n) is 18.0. The van der Waals surface area contributed by atoms with Crippen LogP contribution in [-0.4, -0.2) is 53.0 Å². The highest BCUT2D eigenvalue weighted by Crippen LogP contribution is 2.28.